The molecule has 0 aromatic heterocycles. The highest BCUT2D eigenvalue weighted by molar-refractivity contribution is 7.89. The maximum absolute atomic E-state index is 12.6. The van der Waals surface area contributed by atoms with Crippen LogP contribution in [0.4, 0.5) is 0 Å². The molecular weight excluding hydrogens is 282 g/mol. The molecule has 1 aromatic rings. The molecule has 3 nitrogen and oxygen atoms in total. The molecule has 0 aliphatic heterocycles. The van der Waals surface area contributed by atoms with Gasteiger partial charge in [-0.3, -0.25) is 0 Å². The van der Waals surface area contributed by atoms with Crippen molar-refractivity contribution in [3.63, 3.8) is 0 Å². The van der Waals surface area contributed by atoms with Crippen molar-refractivity contribution >= 4 is 10.0 Å². The molecule has 2 unspecified atom stereocenters. The van der Waals surface area contributed by atoms with Crippen molar-refractivity contribution in [1.82, 2.24) is 4.72 Å². The first-order chi connectivity index (χ1) is 10.1. The molecule has 4 rings (SSSR count). The lowest BCUT2D eigenvalue weighted by atomic mass is 9.61. The number of hydrogen-bond acceptors (Lipinski definition) is 2. The van der Waals surface area contributed by atoms with Crippen LogP contribution in [0.1, 0.15) is 32.1 Å². The molecule has 2 atom stereocenters. The number of rotatable bonds is 5. The lowest BCUT2D eigenvalue weighted by molar-refractivity contribution is 0.0645. The summed E-state index contributed by atoms with van der Waals surface area (Å²) < 4.78 is 28.2. The summed E-state index contributed by atoms with van der Waals surface area (Å²) in [5.41, 5.74) is 0. The van der Waals surface area contributed by atoms with Gasteiger partial charge in [0, 0.05) is 6.04 Å². The summed E-state index contributed by atoms with van der Waals surface area (Å²) in [4.78, 5) is 0.365. The van der Waals surface area contributed by atoms with E-state index in [1.165, 1.54) is 12.8 Å². The smallest absolute Gasteiger partial charge is 0.207 e. The Morgan fingerprint density at radius 3 is 2.33 bits per heavy atom. The molecular formula is C17H23NO2S. The van der Waals surface area contributed by atoms with Gasteiger partial charge in [-0.2, -0.15) is 0 Å². The molecule has 1 aromatic carbocycles. The van der Waals surface area contributed by atoms with E-state index in [0.29, 0.717) is 22.6 Å². The van der Waals surface area contributed by atoms with Gasteiger partial charge < -0.3 is 0 Å². The van der Waals surface area contributed by atoms with Crippen LogP contribution in [0.3, 0.4) is 0 Å². The van der Waals surface area contributed by atoms with E-state index in [1.54, 1.807) is 24.3 Å². The van der Waals surface area contributed by atoms with Gasteiger partial charge in [0.05, 0.1) is 4.90 Å². The van der Waals surface area contributed by atoms with Crippen LogP contribution in [0.15, 0.2) is 47.9 Å². The molecule has 3 fully saturated rings. The topological polar surface area (TPSA) is 46.2 Å². The minimum Gasteiger partial charge on any atom is -0.207 e. The fraction of sp³-hybridized carbons (Fsp3) is 0.529. The lowest BCUT2D eigenvalue weighted by Crippen LogP contribution is -2.53. The van der Waals surface area contributed by atoms with Crippen LogP contribution in [0.25, 0.3) is 0 Å². The highest BCUT2D eigenvalue weighted by Gasteiger charge is 2.44. The molecule has 3 saturated carbocycles. The highest BCUT2D eigenvalue weighted by atomic mass is 32.2. The first-order valence-corrected chi connectivity index (χ1v) is 9.28. The second-order valence-corrected chi connectivity index (χ2v) is 8.04. The quantitative estimate of drug-likeness (QED) is 0.848. The van der Waals surface area contributed by atoms with E-state index in [1.807, 2.05) is 12.1 Å². The largest absolute Gasteiger partial charge is 0.240 e. The second kappa shape index (κ2) is 5.93. The Balaban J connectivity index is 1.83. The van der Waals surface area contributed by atoms with Gasteiger partial charge in [0.15, 0.2) is 0 Å². The third-order valence-corrected chi connectivity index (χ3v) is 6.65. The Labute approximate surface area is 127 Å². The molecule has 3 aliphatic carbocycles. The van der Waals surface area contributed by atoms with Gasteiger partial charge in [-0.1, -0.05) is 24.3 Å². The van der Waals surface area contributed by atoms with Gasteiger partial charge in [0.2, 0.25) is 10.0 Å². The Morgan fingerprint density at radius 2 is 1.71 bits per heavy atom. The number of hydrogen-bond donors (Lipinski definition) is 1. The van der Waals surface area contributed by atoms with Crippen LogP contribution >= 0.6 is 0 Å². The van der Waals surface area contributed by atoms with E-state index in [-0.39, 0.29) is 6.04 Å². The third kappa shape index (κ3) is 2.92. The van der Waals surface area contributed by atoms with Crippen molar-refractivity contribution < 1.29 is 8.42 Å². The molecule has 0 spiro atoms. The summed E-state index contributed by atoms with van der Waals surface area (Å²) in [5.74, 6) is 1.54. The van der Waals surface area contributed by atoms with Crippen molar-refractivity contribution in [1.29, 1.82) is 0 Å². The SMILES string of the molecule is C=CCC1C2CCC(CC2)C1NS(=O)(=O)c1ccccc1. The van der Waals surface area contributed by atoms with E-state index >= 15 is 0 Å². The molecule has 0 saturated heterocycles. The fourth-order valence-corrected chi connectivity index (χ4v) is 5.51. The molecule has 4 heteroatoms. The molecule has 2 bridgehead atoms. The predicted octanol–water partition coefficient (Wildman–Crippen LogP) is 3.35. The number of sulfonamides is 1. The molecule has 3 aliphatic rings. The number of allylic oxidation sites excluding steroid dienone is 1. The van der Waals surface area contributed by atoms with Crippen LogP contribution in [-0.2, 0) is 10.0 Å². The number of benzene rings is 1. The maximum atomic E-state index is 12.6. The van der Waals surface area contributed by atoms with Crippen molar-refractivity contribution in [2.24, 2.45) is 17.8 Å². The van der Waals surface area contributed by atoms with E-state index < -0.39 is 10.0 Å². The van der Waals surface area contributed by atoms with Crippen molar-refractivity contribution in [2.45, 2.75) is 43.0 Å². The maximum Gasteiger partial charge on any atom is 0.240 e. The first-order valence-electron chi connectivity index (χ1n) is 7.80. The summed E-state index contributed by atoms with van der Waals surface area (Å²) in [6.07, 6.45) is 7.64. The lowest BCUT2D eigenvalue weighted by Gasteiger charge is -2.48. The highest BCUT2D eigenvalue weighted by Crippen LogP contribution is 2.46. The summed E-state index contributed by atoms with van der Waals surface area (Å²) in [7, 11) is -3.42. The van der Waals surface area contributed by atoms with Crippen LogP contribution in [0.2, 0.25) is 0 Å². The Hall–Kier alpha value is -1.13. The van der Waals surface area contributed by atoms with Gasteiger partial charge in [-0.05, 0) is 62.0 Å². The standard InChI is InChI=1S/C17H23NO2S/c1-2-6-16-13-9-11-14(12-10-13)17(16)18-21(19,20)15-7-4-3-5-8-15/h2-5,7-8,13-14,16-18H,1,6,9-12H2. The minimum atomic E-state index is -3.42. The van der Waals surface area contributed by atoms with E-state index in [0.717, 1.165) is 19.3 Å². The molecule has 1 N–H and O–H groups in total. The summed E-state index contributed by atoms with van der Waals surface area (Å²) in [6, 6.07) is 8.76. The zero-order chi connectivity index (χ0) is 14.9. The average Bonchev–Trinajstić information content (AvgIpc) is 2.51. The number of fused-ring (bicyclic) bond motifs is 3. The van der Waals surface area contributed by atoms with Gasteiger partial charge >= 0.3 is 0 Å². The van der Waals surface area contributed by atoms with Gasteiger partial charge in [0.25, 0.3) is 0 Å². The summed E-state index contributed by atoms with van der Waals surface area (Å²) >= 11 is 0. The summed E-state index contributed by atoms with van der Waals surface area (Å²) in [5, 5.41) is 0. The van der Waals surface area contributed by atoms with Gasteiger partial charge in [-0.15, -0.1) is 6.58 Å². The molecule has 0 radical (unpaired) electrons. The molecule has 21 heavy (non-hydrogen) atoms. The van der Waals surface area contributed by atoms with Crippen LogP contribution in [0.5, 0.6) is 0 Å². The van der Waals surface area contributed by atoms with Crippen LogP contribution < -0.4 is 4.72 Å². The van der Waals surface area contributed by atoms with Crippen molar-refractivity contribution in [2.75, 3.05) is 0 Å². The van der Waals surface area contributed by atoms with Crippen LogP contribution in [-0.4, -0.2) is 14.5 Å². The fourth-order valence-electron chi connectivity index (χ4n) is 4.14. The molecule has 114 valence electrons. The average molecular weight is 305 g/mol. The van der Waals surface area contributed by atoms with Crippen molar-refractivity contribution in [3.05, 3.63) is 43.0 Å². The second-order valence-electron chi connectivity index (χ2n) is 6.32. The van der Waals surface area contributed by atoms with Gasteiger partial charge in [0.1, 0.15) is 0 Å². The van der Waals surface area contributed by atoms with E-state index in [4.69, 9.17) is 0 Å². The Morgan fingerprint density at radius 1 is 1.10 bits per heavy atom. The van der Waals surface area contributed by atoms with E-state index in [2.05, 4.69) is 11.3 Å². The van der Waals surface area contributed by atoms with E-state index in [9.17, 15) is 8.42 Å². The predicted molar refractivity (Wildman–Crippen MR) is 84.3 cm³/mol. The molecule has 0 amide bonds. The monoisotopic (exact) mass is 305 g/mol. The first kappa shape index (κ1) is 14.8. The minimum absolute atomic E-state index is 0.0701. The Kier molecular flexibility index (Phi) is 4.18. The third-order valence-electron chi connectivity index (χ3n) is 5.17. The number of nitrogens with one attached hydrogen (secondary N) is 1. The summed E-state index contributed by atoms with van der Waals surface area (Å²) in [6.45, 7) is 3.85. The Bertz CT molecular complexity index is 588. The molecule has 0 heterocycles. The van der Waals surface area contributed by atoms with Crippen LogP contribution in [0, 0.1) is 17.8 Å². The zero-order valence-electron chi connectivity index (χ0n) is 12.2. The zero-order valence-corrected chi connectivity index (χ0v) is 13.1. The normalized spacial score (nSPS) is 32.0. The van der Waals surface area contributed by atoms with Crippen molar-refractivity contribution in [3.8, 4) is 0 Å². The van der Waals surface area contributed by atoms with Gasteiger partial charge in [-0.25, -0.2) is 13.1 Å².